The summed E-state index contributed by atoms with van der Waals surface area (Å²) in [5.74, 6) is 0.945. The molecule has 1 fully saturated rings. The smallest absolute Gasteiger partial charge is 0.220 e. The molecule has 1 N–H and O–H groups in total. The van der Waals surface area contributed by atoms with E-state index in [9.17, 15) is 4.79 Å². The molecule has 0 atom stereocenters. The molecule has 0 bridgehead atoms. The van der Waals surface area contributed by atoms with Gasteiger partial charge in [0.2, 0.25) is 11.1 Å². The number of carbonyl (C=O) groups excluding carboxylic acids is 1. The second-order valence-electron chi connectivity index (χ2n) is 7.65. The molecule has 0 unspecified atom stereocenters. The number of thioether (sulfide) groups is 1. The molecule has 30 heavy (non-hydrogen) atoms. The number of fused-ring (bicyclic) bond motifs is 3. The fraction of sp³-hybridized carbons (Fsp3) is 0.304. The first-order valence-electron chi connectivity index (χ1n) is 10.4. The number of para-hydroxylation sites is 1. The highest BCUT2D eigenvalue weighted by molar-refractivity contribution is 7.99. The first-order chi connectivity index (χ1) is 14.8. The van der Waals surface area contributed by atoms with Crippen LogP contribution in [0.1, 0.15) is 31.2 Å². The van der Waals surface area contributed by atoms with Crippen LogP contribution in [-0.4, -0.2) is 37.5 Å². The van der Waals surface area contributed by atoms with Gasteiger partial charge in [-0.3, -0.25) is 4.79 Å². The molecule has 0 saturated heterocycles. The quantitative estimate of drug-likeness (QED) is 0.344. The largest absolute Gasteiger partial charge is 0.353 e. The SMILES string of the molecule is O=C(CCCSc1nnc2c3ccccc3n(Cc3ccccc3)c2n1)NC1CC1. The molecule has 1 aliphatic carbocycles. The first kappa shape index (κ1) is 19.1. The summed E-state index contributed by atoms with van der Waals surface area (Å²) in [6.07, 6.45) is 3.60. The van der Waals surface area contributed by atoms with E-state index in [4.69, 9.17) is 4.98 Å². The molecule has 7 heteroatoms. The Morgan fingerprint density at radius 1 is 1.07 bits per heavy atom. The van der Waals surface area contributed by atoms with E-state index >= 15 is 0 Å². The van der Waals surface area contributed by atoms with Crippen LogP contribution in [-0.2, 0) is 11.3 Å². The van der Waals surface area contributed by atoms with Gasteiger partial charge in [0.15, 0.2) is 5.65 Å². The summed E-state index contributed by atoms with van der Waals surface area (Å²) in [7, 11) is 0. The molecule has 5 rings (SSSR count). The third kappa shape index (κ3) is 4.16. The Bertz CT molecular complexity index is 1190. The van der Waals surface area contributed by atoms with E-state index in [-0.39, 0.29) is 5.91 Å². The highest BCUT2D eigenvalue weighted by atomic mass is 32.2. The van der Waals surface area contributed by atoms with Crippen molar-refractivity contribution in [3.8, 4) is 0 Å². The van der Waals surface area contributed by atoms with Gasteiger partial charge >= 0.3 is 0 Å². The van der Waals surface area contributed by atoms with Crippen molar-refractivity contribution in [2.45, 2.75) is 43.4 Å². The van der Waals surface area contributed by atoms with Crippen LogP contribution in [0.25, 0.3) is 22.1 Å². The zero-order valence-electron chi connectivity index (χ0n) is 16.6. The number of aromatic nitrogens is 4. The van der Waals surface area contributed by atoms with Crippen LogP contribution in [0.3, 0.4) is 0 Å². The average Bonchev–Trinajstić information content (AvgIpc) is 3.54. The molecule has 2 heterocycles. The second kappa shape index (κ2) is 8.44. The molecule has 1 amide bonds. The molecule has 0 radical (unpaired) electrons. The van der Waals surface area contributed by atoms with E-state index in [1.807, 2.05) is 18.2 Å². The predicted molar refractivity (Wildman–Crippen MR) is 119 cm³/mol. The molecule has 0 aliphatic heterocycles. The van der Waals surface area contributed by atoms with Crippen LogP contribution >= 0.6 is 11.8 Å². The number of hydrogen-bond acceptors (Lipinski definition) is 5. The van der Waals surface area contributed by atoms with Gasteiger partial charge in [-0.25, -0.2) is 4.98 Å². The summed E-state index contributed by atoms with van der Waals surface area (Å²) in [5, 5.41) is 13.6. The summed E-state index contributed by atoms with van der Waals surface area (Å²) in [6.45, 7) is 0.731. The van der Waals surface area contributed by atoms with Crippen molar-refractivity contribution in [1.82, 2.24) is 25.1 Å². The maximum Gasteiger partial charge on any atom is 0.220 e. The number of amides is 1. The molecule has 4 aromatic rings. The van der Waals surface area contributed by atoms with Crippen LogP contribution in [0.5, 0.6) is 0 Å². The van der Waals surface area contributed by atoms with Gasteiger partial charge in [-0.15, -0.1) is 10.2 Å². The first-order valence-corrected chi connectivity index (χ1v) is 11.3. The van der Waals surface area contributed by atoms with Crippen molar-refractivity contribution in [1.29, 1.82) is 0 Å². The Morgan fingerprint density at radius 2 is 1.87 bits per heavy atom. The van der Waals surface area contributed by atoms with Crippen molar-refractivity contribution in [2.75, 3.05) is 5.75 Å². The van der Waals surface area contributed by atoms with E-state index in [1.165, 1.54) is 5.56 Å². The van der Waals surface area contributed by atoms with E-state index in [1.54, 1.807) is 11.8 Å². The van der Waals surface area contributed by atoms with Gasteiger partial charge in [0.1, 0.15) is 5.52 Å². The van der Waals surface area contributed by atoms with Crippen LogP contribution in [0.4, 0.5) is 0 Å². The van der Waals surface area contributed by atoms with Crippen molar-refractivity contribution >= 4 is 39.7 Å². The predicted octanol–water partition coefficient (Wildman–Crippen LogP) is 4.18. The molecular formula is C23H23N5OS. The number of nitrogens with one attached hydrogen (secondary N) is 1. The minimum atomic E-state index is 0.149. The third-order valence-electron chi connectivity index (χ3n) is 5.26. The summed E-state index contributed by atoms with van der Waals surface area (Å²) in [5.41, 5.74) is 4.01. The lowest BCUT2D eigenvalue weighted by atomic mass is 10.2. The van der Waals surface area contributed by atoms with Gasteiger partial charge in [0.05, 0.1) is 5.52 Å². The molecule has 0 spiro atoms. The summed E-state index contributed by atoms with van der Waals surface area (Å²) >= 11 is 1.56. The Labute approximate surface area is 179 Å². The minimum absolute atomic E-state index is 0.149. The Kier molecular flexibility index (Phi) is 5.36. The Hall–Kier alpha value is -2.93. The number of rotatable bonds is 8. The van der Waals surface area contributed by atoms with Crippen molar-refractivity contribution in [3.05, 3.63) is 60.2 Å². The van der Waals surface area contributed by atoms with Crippen LogP contribution < -0.4 is 5.32 Å². The maximum atomic E-state index is 11.8. The van der Waals surface area contributed by atoms with Crippen LogP contribution in [0.15, 0.2) is 59.8 Å². The van der Waals surface area contributed by atoms with Crippen molar-refractivity contribution < 1.29 is 4.79 Å². The Morgan fingerprint density at radius 3 is 2.70 bits per heavy atom. The molecule has 2 aromatic heterocycles. The standard InChI is InChI=1S/C23H23N5OS/c29-20(24-17-12-13-17)11-6-14-30-23-25-22-21(26-27-23)18-9-4-5-10-19(18)28(22)15-16-7-2-1-3-8-16/h1-5,7-10,17H,6,11-15H2,(H,24,29). The zero-order chi connectivity index (χ0) is 20.3. The molecule has 1 aliphatic rings. The van der Waals surface area contributed by atoms with Crippen molar-refractivity contribution in [3.63, 3.8) is 0 Å². The molecule has 2 aromatic carbocycles. The molecular weight excluding hydrogens is 394 g/mol. The van der Waals surface area contributed by atoms with Gasteiger partial charge < -0.3 is 9.88 Å². The van der Waals surface area contributed by atoms with Crippen LogP contribution in [0.2, 0.25) is 0 Å². The maximum absolute atomic E-state index is 11.8. The summed E-state index contributed by atoms with van der Waals surface area (Å²) < 4.78 is 2.21. The van der Waals surface area contributed by atoms with Gasteiger partial charge in [-0.05, 0) is 30.9 Å². The normalized spacial score (nSPS) is 13.7. The fourth-order valence-electron chi connectivity index (χ4n) is 3.60. The lowest BCUT2D eigenvalue weighted by Crippen LogP contribution is -2.25. The third-order valence-corrected chi connectivity index (χ3v) is 6.18. The fourth-order valence-corrected chi connectivity index (χ4v) is 4.32. The minimum Gasteiger partial charge on any atom is -0.353 e. The number of benzene rings is 2. The van der Waals surface area contributed by atoms with E-state index in [2.05, 4.69) is 56.5 Å². The summed E-state index contributed by atoms with van der Waals surface area (Å²) in [4.78, 5) is 16.7. The van der Waals surface area contributed by atoms with Gasteiger partial charge in [0.25, 0.3) is 0 Å². The number of hydrogen-bond donors (Lipinski definition) is 1. The highest BCUT2D eigenvalue weighted by Crippen LogP contribution is 2.28. The highest BCUT2D eigenvalue weighted by Gasteiger charge is 2.22. The lowest BCUT2D eigenvalue weighted by Gasteiger charge is -2.07. The second-order valence-corrected chi connectivity index (χ2v) is 8.71. The van der Waals surface area contributed by atoms with Gasteiger partial charge in [-0.2, -0.15) is 0 Å². The number of nitrogens with zero attached hydrogens (tertiary/aromatic N) is 4. The zero-order valence-corrected chi connectivity index (χ0v) is 17.4. The van der Waals surface area contributed by atoms with E-state index in [0.29, 0.717) is 17.6 Å². The van der Waals surface area contributed by atoms with Crippen molar-refractivity contribution in [2.24, 2.45) is 0 Å². The summed E-state index contributed by atoms with van der Waals surface area (Å²) in [6, 6.07) is 19.0. The Balaban J connectivity index is 1.36. The number of carbonyl (C=O) groups is 1. The molecule has 152 valence electrons. The monoisotopic (exact) mass is 417 g/mol. The topological polar surface area (TPSA) is 72.7 Å². The van der Waals surface area contributed by atoms with Crippen LogP contribution in [0, 0.1) is 0 Å². The van der Waals surface area contributed by atoms with E-state index in [0.717, 1.165) is 53.6 Å². The van der Waals surface area contributed by atoms with E-state index < -0.39 is 0 Å². The lowest BCUT2D eigenvalue weighted by molar-refractivity contribution is -0.121. The van der Waals surface area contributed by atoms with Gasteiger partial charge in [0, 0.05) is 30.1 Å². The van der Waals surface area contributed by atoms with Gasteiger partial charge in [-0.1, -0.05) is 60.3 Å². The molecule has 6 nitrogen and oxygen atoms in total. The molecule has 1 saturated carbocycles. The average molecular weight is 418 g/mol.